The van der Waals surface area contributed by atoms with Crippen LogP contribution in [0.15, 0.2) is 48.5 Å². The van der Waals surface area contributed by atoms with Crippen molar-refractivity contribution in [2.24, 2.45) is 0 Å². The van der Waals surface area contributed by atoms with Gasteiger partial charge in [-0.3, -0.25) is 14.4 Å². The zero-order valence-corrected chi connectivity index (χ0v) is 15.0. The van der Waals surface area contributed by atoms with Gasteiger partial charge in [-0.25, -0.2) is 0 Å². The van der Waals surface area contributed by atoms with Crippen LogP contribution in [0.4, 0.5) is 22.7 Å². The van der Waals surface area contributed by atoms with Crippen LogP contribution in [0, 0.1) is 0 Å². The molecule has 0 bridgehead atoms. The smallest absolute Gasteiger partial charge is 0.243 e. The minimum atomic E-state index is -0.206. The van der Waals surface area contributed by atoms with Gasteiger partial charge in [0.2, 0.25) is 17.7 Å². The highest BCUT2D eigenvalue weighted by atomic mass is 16.2. The Labute approximate surface area is 152 Å². The van der Waals surface area contributed by atoms with E-state index < -0.39 is 0 Å². The summed E-state index contributed by atoms with van der Waals surface area (Å²) in [6.45, 7) is 3.01. The Morgan fingerprint density at radius 1 is 0.885 bits per heavy atom. The van der Waals surface area contributed by atoms with Crippen molar-refractivity contribution >= 4 is 40.5 Å². The standard InChI is InChI=1S/C19H22N4O3/c1-13(24)21-17-6-4-5-16(11-17)20-12-19(26)22-15-7-9-18(10-8-15)23(3)14(2)25/h4-11,20H,12H2,1-3H3,(H,21,24)(H,22,26). The molecule has 3 amide bonds. The van der Waals surface area contributed by atoms with E-state index in [1.54, 1.807) is 49.5 Å². The van der Waals surface area contributed by atoms with Gasteiger partial charge in [0.1, 0.15) is 0 Å². The minimum absolute atomic E-state index is 0.0625. The van der Waals surface area contributed by atoms with E-state index in [1.807, 2.05) is 6.07 Å². The first kappa shape index (κ1) is 19.0. The lowest BCUT2D eigenvalue weighted by Gasteiger charge is -2.15. The van der Waals surface area contributed by atoms with Crippen LogP contribution in [-0.4, -0.2) is 31.3 Å². The second-order valence-corrected chi connectivity index (χ2v) is 5.79. The van der Waals surface area contributed by atoms with Crippen LogP contribution in [-0.2, 0) is 14.4 Å². The molecular formula is C19H22N4O3. The molecule has 3 N–H and O–H groups in total. The van der Waals surface area contributed by atoms with E-state index >= 15 is 0 Å². The maximum absolute atomic E-state index is 12.1. The second kappa shape index (κ2) is 8.66. The predicted octanol–water partition coefficient (Wildman–Crippen LogP) is 2.68. The highest BCUT2D eigenvalue weighted by Crippen LogP contribution is 2.17. The van der Waals surface area contributed by atoms with Crippen LogP contribution >= 0.6 is 0 Å². The Kier molecular flexibility index (Phi) is 6.32. The van der Waals surface area contributed by atoms with E-state index in [0.29, 0.717) is 11.4 Å². The summed E-state index contributed by atoms with van der Waals surface area (Å²) in [5.74, 6) is -0.422. The predicted molar refractivity (Wildman–Crippen MR) is 103 cm³/mol. The van der Waals surface area contributed by atoms with Gasteiger partial charge in [-0.1, -0.05) is 6.07 Å². The van der Waals surface area contributed by atoms with E-state index in [9.17, 15) is 14.4 Å². The summed E-state index contributed by atoms with van der Waals surface area (Å²) in [5, 5.41) is 8.47. The topological polar surface area (TPSA) is 90.5 Å². The highest BCUT2D eigenvalue weighted by molar-refractivity contribution is 5.95. The number of hydrogen-bond donors (Lipinski definition) is 3. The maximum atomic E-state index is 12.1. The molecule has 0 fully saturated rings. The zero-order valence-electron chi connectivity index (χ0n) is 15.0. The van der Waals surface area contributed by atoms with E-state index in [1.165, 1.54) is 18.7 Å². The van der Waals surface area contributed by atoms with Crippen LogP contribution < -0.4 is 20.9 Å². The molecule has 26 heavy (non-hydrogen) atoms. The van der Waals surface area contributed by atoms with E-state index in [4.69, 9.17) is 0 Å². The average Bonchev–Trinajstić information content (AvgIpc) is 2.60. The molecule has 0 aliphatic rings. The van der Waals surface area contributed by atoms with Gasteiger partial charge < -0.3 is 20.9 Å². The van der Waals surface area contributed by atoms with Gasteiger partial charge in [0.25, 0.3) is 0 Å². The number of carbonyl (C=O) groups is 3. The lowest BCUT2D eigenvalue weighted by molar-refractivity contribution is -0.116. The van der Waals surface area contributed by atoms with E-state index in [-0.39, 0.29) is 24.3 Å². The van der Waals surface area contributed by atoms with E-state index in [2.05, 4.69) is 16.0 Å². The summed E-state index contributed by atoms with van der Waals surface area (Å²) in [6, 6.07) is 14.1. The molecule has 0 radical (unpaired) electrons. The van der Waals surface area contributed by atoms with Crippen LogP contribution in [0.1, 0.15) is 13.8 Å². The van der Waals surface area contributed by atoms with Gasteiger partial charge in [0, 0.05) is 43.6 Å². The number of rotatable bonds is 6. The van der Waals surface area contributed by atoms with Crippen molar-refractivity contribution in [1.29, 1.82) is 0 Å². The molecule has 0 aromatic heterocycles. The first-order chi connectivity index (χ1) is 12.3. The fourth-order valence-corrected chi connectivity index (χ4v) is 2.25. The second-order valence-electron chi connectivity index (χ2n) is 5.79. The molecule has 0 heterocycles. The van der Waals surface area contributed by atoms with Crippen molar-refractivity contribution in [2.75, 3.05) is 34.4 Å². The summed E-state index contributed by atoms with van der Waals surface area (Å²) >= 11 is 0. The van der Waals surface area contributed by atoms with Crippen LogP contribution in [0.25, 0.3) is 0 Å². The molecule has 0 spiro atoms. The third kappa shape index (κ3) is 5.62. The summed E-state index contributed by atoms with van der Waals surface area (Å²) in [7, 11) is 1.69. The Morgan fingerprint density at radius 2 is 1.54 bits per heavy atom. The first-order valence-electron chi connectivity index (χ1n) is 8.11. The van der Waals surface area contributed by atoms with Crippen molar-refractivity contribution < 1.29 is 14.4 Å². The normalized spacial score (nSPS) is 9.96. The largest absolute Gasteiger partial charge is 0.376 e. The molecular weight excluding hydrogens is 332 g/mol. The molecule has 0 aliphatic carbocycles. The monoisotopic (exact) mass is 354 g/mol. The average molecular weight is 354 g/mol. The number of carbonyl (C=O) groups excluding carboxylic acids is 3. The van der Waals surface area contributed by atoms with Gasteiger partial charge in [-0.15, -0.1) is 0 Å². The quantitative estimate of drug-likeness (QED) is 0.744. The third-order valence-electron chi connectivity index (χ3n) is 3.65. The maximum Gasteiger partial charge on any atom is 0.243 e. The fourth-order valence-electron chi connectivity index (χ4n) is 2.25. The van der Waals surface area contributed by atoms with Crippen molar-refractivity contribution in [3.05, 3.63) is 48.5 Å². The minimum Gasteiger partial charge on any atom is -0.376 e. The molecule has 0 aliphatic heterocycles. The Bertz CT molecular complexity index is 803. The lowest BCUT2D eigenvalue weighted by Crippen LogP contribution is -2.23. The highest BCUT2D eigenvalue weighted by Gasteiger charge is 2.07. The van der Waals surface area contributed by atoms with Crippen LogP contribution in [0.3, 0.4) is 0 Å². The van der Waals surface area contributed by atoms with Gasteiger partial charge in [0.05, 0.1) is 6.54 Å². The Balaban J connectivity index is 1.89. The van der Waals surface area contributed by atoms with Crippen LogP contribution in [0.2, 0.25) is 0 Å². The molecule has 2 aromatic carbocycles. The van der Waals surface area contributed by atoms with Gasteiger partial charge in [0.15, 0.2) is 0 Å². The number of hydrogen-bond acceptors (Lipinski definition) is 4. The van der Waals surface area contributed by atoms with E-state index in [0.717, 1.165) is 11.4 Å². The number of benzene rings is 2. The summed E-state index contributed by atoms with van der Waals surface area (Å²) in [4.78, 5) is 36.0. The first-order valence-corrected chi connectivity index (χ1v) is 8.11. The SMILES string of the molecule is CC(=O)Nc1cccc(NCC(=O)Nc2ccc(N(C)C(C)=O)cc2)c1. The summed E-state index contributed by atoms with van der Waals surface area (Å²) in [6.07, 6.45) is 0. The Hall–Kier alpha value is -3.35. The molecule has 0 atom stereocenters. The van der Waals surface area contributed by atoms with Crippen molar-refractivity contribution in [2.45, 2.75) is 13.8 Å². The van der Waals surface area contributed by atoms with Gasteiger partial charge in [-0.2, -0.15) is 0 Å². The van der Waals surface area contributed by atoms with Crippen molar-refractivity contribution in [3.63, 3.8) is 0 Å². The third-order valence-corrected chi connectivity index (χ3v) is 3.65. The summed E-state index contributed by atoms with van der Waals surface area (Å²) in [5.41, 5.74) is 2.78. The number of nitrogens with one attached hydrogen (secondary N) is 3. The lowest BCUT2D eigenvalue weighted by atomic mass is 10.2. The number of anilines is 4. The Morgan fingerprint density at radius 3 is 2.15 bits per heavy atom. The molecule has 7 nitrogen and oxygen atoms in total. The molecule has 2 rings (SSSR count). The van der Waals surface area contributed by atoms with Crippen LogP contribution in [0.5, 0.6) is 0 Å². The molecule has 2 aromatic rings. The van der Waals surface area contributed by atoms with Crippen molar-refractivity contribution in [1.82, 2.24) is 0 Å². The van der Waals surface area contributed by atoms with Gasteiger partial charge in [-0.05, 0) is 42.5 Å². The number of amides is 3. The molecule has 0 saturated carbocycles. The fraction of sp³-hybridized carbons (Fsp3) is 0.211. The van der Waals surface area contributed by atoms with Gasteiger partial charge >= 0.3 is 0 Å². The molecule has 136 valence electrons. The molecule has 7 heteroatoms. The summed E-state index contributed by atoms with van der Waals surface area (Å²) < 4.78 is 0. The van der Waals surface area contributed by atoms with Crippen molar-refractivity contribution in [3.8, 4) is 0 Å². The number of nitrogens with zero attached hydrogens (tertiary/aromatic N) is 1. The molecule has 0 unspecified atom stereocenters. The zero-order chi connectivity index (χ0) is 19.1. The molecule has 0 saturated heterocycles.